The molecule has 1 aliphatic rings. The van der Waals surface area contributed by atoms with Crippen LogP contribution in [0, 0.1) is 0 Å². The first-order valence-electron chi connectivity index (χ1n) is 8.89. The summed E-state index contributed by atoms with van der Waals surface area (Å²) in [6, 6.07) is 15.7. The first-order chi connectivity index (χ1) is 12.9. The van der Waals surface area contributed by atoms with Crippen molar-refractivity contribution in [3.05, 3.63) is 65.7 Å². The minimum Gasteiger partial charge on any atom is -0.379 e. The number of nitrogens with one attached hydrogen (secondary N) is 1. The van der Waals surface area contributed by atoms with E-state index < -0.39 is 9.84 Å². The smallest absolute Gasteiger partial charge is 0.251 e. The lowest BCUT2D eigenvalue weighted by atomic mass is 10.1. The quantitative estimate of drug-likeness (QED) is 0.818. The van der Waals surface area contributed by atoms with E-state index in [-0.39, 0.29) is 16.8 Å². The third-order valence-corrected chi connectivity index (χ3v) is 5.72. The topological polar surface area (TPSA) is 75.7 Å². The van der Waals surface area contributed by atoms with Crippen LogP contribution in [-0.2, 0) is 14.6 Å². The van der Waals surface area contributed by atoms with Gasteiger partial charge in [0.1, 0.15) is 0 Å². The van der Waals surface area contributed by atoms with Gasteiger partial charge in [-0.05, 0) is 29.8 Å². The monoisotopic (exact) mass is 388 g/mol. The SMILES string of the molecule is CS(=O)(=O)c1ccc(C(=O)NC(CN2CCOCC2)c2ccccc2)cc1. The summed E-state index contributed by atoms with van der Waals surface area (Å²) in [5, 5.41) is 3.08. The van der Waals surface area contributed by atoms with Gasteiger partial charge in [0.05, 0.1) is 24.2 Å². The van der Waals surface area contributed by atoms with Crippen molar-refractivity contribution in [2.45, 2.75) is 10.9 Å². The third kappa shape index (κ3) is 5.38. The molecular weight excluding hydrogens is 364 g/mol. The molecule has 0 saturated carbocycles. The highest BCUT2D eigenvalue weighted by atomic mass is 32.2. The van der Waals surface area contributed by atoms with Crippen LogP contribution in [0.25, 0.3) is 0 Å². The van der Waals surface area contributed by atoms with Crippen LogP contribution in [0.3, 0.4) is 0 Å². The average Bonchev–Trinajstić information content (AvgIpc) is 2.68. The summed E-state index contributed by atoms with van der Waals surface area (Å²) in [5.74, 6) is -0.225. The molecule has 7 heteroatoms. The van der Waals surface area contributed by atoms with E-state index in [0.717, 1.165) is 24.9 Å². The summed E-state index contributed by atoms with van der Waals surface area (Å²) in [6.07, 6.45) is 1.15. The maximum absolute atomic E-state index is 12.7. The number of carbonyl (C=O) groups excluding carboxylic acids is 1. The van der Waals surface area contributed by atoms with Crippen LogP contribution in [0.4, 0.5) is 0 Å². The van der Waals surface area contributed by atoms with E-state index in [1.54, 1.807) is 12.1 Å². The van der Waals surface area contributed by atoms with Gasteiger partial charge < -0.3 is 10.1 Å². The van der Waals surface area contributed by atoms with Gasteiger partial charge >= 0.3 is 0 Å². The van der Waals surface area contributed by atoms with Crippen molar-refractivity contribution in [3.63, 3.8) is 0 Å². The number of hydrogen-bond donors (Lipinski definition) is 1. The number of ether oxygens (including phenoxy) is 1. The van der Waals surface area contributed by atoms with Gasteiger partial charge in [-0.2, -0.15) is 0 Å². The maximum atomic E-state index is 12.7. The van der Waals surface area contributed by atoms with Crippen molar-refractivity contribution in [1.82, 2.24) is 10.2 Å². The molecular formula is C20H24N2O4S. The van der Waals surface area contributed by atoms with Crippen molar-refractivity contribution in [2.24, 2.45) is 0 Å². The van der Waals surface area contributed by atoms with Crippen molar-refractivity contribution in [2.75, 3.05) is 39.1 Å². The van der Waals surface area contributed by atoms with Crippen LogP contribution in [-0.4, -0.2) is 58.3 Å². The second kappa shape index (κ2) is 8.65. The number of nitrogens with zero attached hydrogens (tertiary/aromatic N) is 1. The van der Waals surface area contributed by atoms with Gasteiger partial charge in [-0.3, -0.25) is 9.69 Å². The molecule has 1 heterocycles. The molecule has 0 aliphatic carbocycles. The molecule has 1 atom stereocenters. The van der Waals surface area contributed by atoms with Crippen molar-refractivity contribution < 1.29 is 17.9 Å². The molecule has 2 aromatic carbocycles. The van der Waals surface area contributed by atoms with Gasteiger partial charge in [0.25, 0.3) is 5.91 Å². The molecule has 2 aromatic rings. The zero-order valence-corrected chi connectivity index (χ0v) is 16.1. The van der Waals surface area contributed by atoms with Gasteiger partial charge in [0.2, 0.25) is 0 Å². The Bertz CT molecular complexity index is 861. The predicted octanol–water partition coefficient (Wildman–Crippen LogP) is 1.89. The second-order valence-electron chi connectivity index (χ2n) is 6.65. The minimum absolute atomic E-state index is 0.161. The largest absolute Gasteiger partial charge is 0.379 e. The third-order valence-electron chi connectivity index (χ3n) is 4.60. The van der Waals surface area contributed by atoms with E-state index in [1.165, 1.54) is 12.1 Å². The number of sulfone groups is 1. The lowest BCUT2D eigenvalue weighted by Gasteiger charge is -2.31. The van der Waals surface area contributed by atoms with E-state index in [0.29, 0.717) is 25.3 Å². The zero-order valence-electron chi connectivity index (χ0n) is 15.3. The number of benzene rings is 2. The van der Waals surface area contributed by atoms with Crippen molar-refractivity contribution in [3.8, 4) is 0 Å². The zero-order chi connectivity index (χ0) is 19.3. The van der Waals surface area contributed by atoms with Gasteiger partial charge in [-0.15, -0.1) is 0 Å². The lowest BCUT2D eigenvalue weighted by Crippen LogP contribution is -2.43. The van der Waals surface area contributed by atoms with Gasteiger partial charge in [0, 0.05) is 31.5 Å². The highest BCUT2D eigenvalue weighted by Crippen LogP contribution is 2.17. The van der Waals surface area contributed by atoms with E-state index in [1.807, 2.05) is 30.3 Å². The van der Waals surface area contributed by atoms with Crippen LogP contribution < -0.4 is 5.32 Å². The number of amides is 1. The standard InChI is InChI=1S/C20H24N2O4S/c1-27(24,25)18-9-7-17(8-10-18)20(23)21-19(16-5-3-2-4-6-16)15-22-11-13-26-14-12-22/h2-10,19H,11-15H2,1H3,(H,21,23). The second-order valence-corrected chi connectivity index (χ2v) is 8.66. The molecule has 0 bridgehead atoms. The molecule has 1 aliphatic heterocycles. The lowest BCUT2D eigenvalue weighted by molar-refractivity contribution is 0.0332. The summed E-state index contributed by atoms with van der Waals surface area (Å²) in [6.45, 7) is 3.76. The molecule has 3 rings (SSSR count). The van der Waals surface area contributed by atoms with Crippen LogP contribution in [0.2, 0.25) is 0 Å². The van der Waals surface area contributed by atoms with E-state index in [2.05, 4.69) is 10.2 Å². The fourth-order valence-electron chi connectivity index (χ4n) is 3.06. The first-order valence-corrected chi connectivity index (χ1v) is 10.8. The molecule has 1 saturated heterocycles. The minimum atomic E-state index is -3.28. The van der Waals surface area contributed by atoms with Crippen molar-refractivity contribution in [1.29, 1.82) is 0 Å². The fourth-order valence-corrected chi connectivity index (χ4v) is 3.69. The number of carbonyl (C=O) groups is 1. The van der Waals surface area contributed by atoms with Crippen molar-refractivity contribution >= 4 is 15.7 Å². The summed E-state index contributed by atoms with van der Waals surface area (Å²) in [5.41, 5.74) is 1.47. The van der Waals surface area contributed by atoms with Gasteiger partial charge in [0.15, 0.2) is 9.84 Å². The summed E-state index contributed by atoms with van der Waals surface area (Å²) < 4.78 is 28.6. The van der Waals surface area contributed by atoms with Crippen LogP contribution in [0.5, 0.6) is 0 Å². The number of hydrogen-bond acceptors (Lipinski definition) is 5. The molecule has 1 unspecified atom stereocenters. The Hall–Kier alpha value is -2.22. The molecule has 144 valence electrons. The van der Waals surface area contributed by atoms with E-state index in [9.17, 15) is 13.2 Å². The van der Waals surface area contributed by atoms with Crippen LogP contribution >= 0.6 is 0 Å². The molecule has 27 heavy (non-hydrogen) atoms. The molecule has 1 amide bonds. The average molecular weight is 388 g/mol. The Morgan fingerprint density at radius 2 is 1.70 bits per heavy atom. The maximum Gasteiger partial charge on any atom is 0.251 e. The summed E-state index contributed by atoms with van der Waals surface area (Å²) >= 11 is 0. The Morgan fingerprint density at radius 3 is 2.30 bits per heavy atom. The Labute approximate surface area is 160 Å². The Balaban J connectivity index is 1.75. The molecule has 1 fully saturated rings. The van der Waals surface area contributed by atoms with Crippen LogP contribution in [0.15, 0.2) is 59.5 Å². The van der Waals surface area contributed by atoms with E-state index >= 15 is 0 Å². The normalized spacial score (nSPS) is 16.6. The first kappa shape index (κ1) is 19.5. The molecule has 0 aromatic heterocycles. The fraction of sp³-hybridized carbons (Fsp3) is 0.350. The molecule has 6 nitrogen and oxygen atoms in total. The highest BCUT2D eigenvalue weighted by molar-refractivity contribution is 7.90. The van der Waals surface area contributed by atoms with Gasteiger partial charge in [-0.1, -0.05) is 30.3 Å². The summed E-state index contributed by atoms with van der Waals surface area (Å²) in [4.78, 5) is 15.2. The number of rotatable bonds is 6. The van der Waals surface area contributed by atoms with Gasteiger partial charge in [-0.25, -0.2) is 8.42 Å². The number of morpholine rings is 1. The highest BCUT2D eigenvalue weighted by Gasteiger charge is 2.21. The van der Waals surface area contributed by atoms with E-state index in [4.69, 9.17) is 4.74 Å². The summed E-state index contributed by atoms with van der Waals surface area (Å²) in [7, 11) is -3.28. The molecule has 1 N–H and O–H groups in total. The van der Waals surface area contributed by atoms with Crippen LogP contribution in [0.1, 0.15) is 22.0 Å². The Morgan fingerprint density at radius 1 is 1.07 bits per heavy atom. The predicted molar refractivity (Wildman–Crippen MR) is 103 cm³/mol. The molecule has 0 radical (unpaired) electrons. The molecule has 0 spiro atoms. The Kier molecular flexibility index (Phi) is 6.26.